The van der Waals surface area contributed by atoms with Crippen LogP contribution < -0.4 is 0 Å². The molecule has 1 N–H and O–H groups in total. The summed E-state index contributed by atoms with van der Waals surface area (Å²) in [5, 5.41) is 9.29. The fourth-order valence-electron chi connectivity index (χ4n) is 1.47. The molecule has 0 saturated heterocycles. The first-order valence-corrected chi connectivity index (χ1v) is 4.79. The molecule has 0 amide bonds. The maximum Gasteiger partial charge on any atom is 0.0680 e. The van der Waals surface area contributed by atoms with Gasteiger partial charge in [0.05, 0.1) is 6.10 Å². The molecule has 1 unspecified atom stereocenters. The van der Waals surface area contributed by atoms with E-state index in [1.165, 1.54) is 6.42 Å². The Morgan fingerprint density at radius 3 is 2.36 bits per heavy atom. The van der Waals surface area contributed by atoms with Gasteiger partial charge in [-0.05, 0) is 18.3 Å². The number of alkyl halides is 1. The van der Waals surface area contributed by atoms with E-state index in [0.29, 0.717) is 5.88 Å². The van der Waals surface area contributed by atoms with Crippen LogP contribution in [0.3, 0.4) is 0 Å². The number of rotatable bonds is 5. The number of aliphatic hydroxyl groups excluding tert-OH is 1. The van der Waals surface area contributed by atoms with E-state index in [9.17, 15) is 5.11 Å². The van der Waals surface area contributed by atoms with Gasteiger partial charge in [0.2, 0.25) is 0 Å². The highest BCUT2D eigenvalue weighted by Gasteiger charge is 2.20. The van der Waals surface area contributed by atoms with Crippen LogP contribution in [0.25, 0.3) is 0 Å². The van der Waals surface area contributed by atoms with Gasteiger partial charge >= 0.3 is 0 Å². The molecule has 11 heavy (non-hydrogen) atoms. The SMILES string of the molecule is CCCC(C)(C)CC(O)CCl. The Balaban J connectivity index is 3.70. The predicted octanol–water partition coefficient (Wildman–Crippen LogP) is 2.80. The Labute approximate surface area is 74.8 Å². The smallest absolute Gasteiger partial charge is 0.0680 e. The second-order valence-electron chi connectivity index (χ2n) is 3.93. The van der Waals surface area contributed by atoms with Crippen molar-refractivity contribution in [2.45, 2.75) is 46.1 Å². The molecule has 0 radical (unpaired) electrons. The number of hydrogen-bond donors (Lipinski definition) is 1. The zero-order valence-electron chi connectivity index (χ0n) is 7.73. The molecule has 1 nitrogen and oxygen atoms in total. The average Bonchev–Trinajstić information content (AvgIpc) is 1.86. The third-order valence-electron chi connectivity index (χ3n) is 1.89. The van der Waals surface area contributed by atoms with Gasteiger partial charge in [-0.15, -0.1) is 11.6 Å². The molecule has 0 bridgehead atoms. The van der Waals surface area contributed by atoms with Crippen molar-refractivity contribution >= 4 is 11.6 Å². The summed E-state index contributed by atoms with van der Waals surface area (Å²) in [6.45, 7) is 6.51. The van der Waals surface area contributed by atoms with Gasteiger partial charge in [-0.3, -0.25) is 0 Å². The second kappa shape index (κ2) is 5.00. The summed E-state index contributed by atoms with van der Waals surface area (Å²) in [4.78, 5) is 0. The highest BCUT2D eigenvalue weighted by atomic mass is 35.5. The summed E-state index contributed by atoms with van der Waals surface area (Å²) in [5.41, 5.74) is 0.239. The predicted molar refractivity (Wildman–Crippen MR) is 50.0 cm³/mol. The van der Waals surface area contributed by atoms with Gasteiger partial charge in [0.1, 0.15) is 0 Å². The van der Waals surface area contributed by atoms with E-state index < -0.39 is 0 Å². The van der Waals surface area contributed by atoms with E-state index in [1.807, 2.05) is 0 Å². The van der Waals surface area contributed by atoms with Crippen molar-refractivity contribution in [2.24, 2.45) is 5.41 Å². The van der Waals surface area contributed by atoms with Crippen LogP contribution in [0.1, 0.15) is 40.0 Å². The lowest BCUT2D eigenvalue weighted by Crippen LogP contribution is -2.21. The minimum absolute atomic E-state index is 0.239. The fraction of sp³-hybridized carbons (Fsp3) is 1.00. The molecule has 0 spiro atoms. The molecule has 2 heteroatoms. The van der Waals surface area contributed by atoms with Gasteiger partial charge in [0.25, 0.3) is 0 Å². The number of halogens is 1. The molecule has 0 aliphatic rings. The Bertz CT molecular complexity index is 102. The molecular formula is C9H19ClO. The molecule has 0 aromatic carbocycles. The van der Waals surface area contributed by atoms with Crippen molar-refractivity contribution in [3.05, 3.63) is 0 Å². The van der Waals surface area contributed by atoms with Gasteiger partial charge in [-0.2, -0.15) is 0 Å². The third kappa shape index (κ3) is 5.51. The largest absolute Gasteiger partial charge is 0.392 e. The summed E-state index contributed by atoms with van der Waals surface area (Å²) in [7, 11) is 0. The van der Waals surface area contributed by atoms with Gasteiger partial charge in [-0.25, -0.2) is 0 Å². The molecule has 1 atom stereocenters. The highest BCUT2D eigenvalue weighted by Crippen LogP contribution is 2.28. The topological polar surface area (TPSA) is 20.2 Å². The summed E-state index contributed by atoms with van der Waals surface area (Å²) in [6, 6.07) is 0. The van der Waals surface area contributed by atoms with Gasteiger partial charge in [0.15, 0.2) is 0 Å². The van der Waals surface area contributed by atoms with Crippen molar-refractivity contribution < 1.29 is 5.11 Å². The quantitative estimate of drug-likeness (QED) is 0.642. The molecule has 0 aliphatic carbocycles. The van der Waals surface area contributed by atoms with E-state index in [0.717, 1.165) is 12.8 Å². The summed E-state index contributed by atoms with van der Waals surface area (Å²) < 4.78 is 0. The molecule has 68 valence electrons. The van der Waals surface area contributed by atoms with Crippen molar-refractivity contribution in [3.63, 3.8) is 0 Å². The van der Waals surface area contributed by atoms with E-state index >= 15 is 0 Å². The lowest BCUT2D eigenvalue weighted by Gasteiger charge is -2.25. The van der Waals surface area contributed by atoms with Gasteiger partial charge < -0.3 is 5.11 Å². The molecule has 0 fully saturated rings. The lowest BCUT2D eigenvalue weighted by molar-refractivity contribution is 0.126. The van der Waals surface area contributed by atoms with E-state index in [4.69, 9.17) is 11.6 Å². The van der Waals surface area contributed by atoms with Crippen molar-refractivity contribution in [1.82, 2.24) is 0 Å². The molecule has 0 saturated carbocycles. The maximum atomic E-state index is 9.29. The van der Waals surface area contributed by atoms with Crippen LogP contribution in [0, 0.1) is 5.41 Å². The van der Waals surface area contributed by atoms with Crippen LogP contribution in [0.4, 0.5) is 0 Å². The minimum Gasteiger partial charge on any atom is -0.392 e. The zero-order valence-corrected chi connectivity index (χ0v) is 8.49. The minimum atomic E-state index is -0.335. The number of hydrogen-bond acceptors (Lipinski definition) is 1. The molecule has 0 aromatic rings. The zero-order chi connectivity index (χ0) is 8.91. The van der Waals surface area contributed by atoms with Crippen molar-refractivity contribution in [2.75, 3.05) is 5.88 Å². The van der Waals surface area contributed by atoms with Gasteiger partial charge in [0, 0.05) is 5.88 Å². The Morgan fingerprint density at radius 1 is 1.45 bits per heavy atom. The first-order valence-electron chi connectivity index (χ1n) is 4.26. The summed E-state index contributed by atoms with van der Waals surface area (Å²) in [5.74, 6) is 0.354. The molecule has 0 heterocycles. The van der Waals surface area contributed by atoms with Crippen LogP contribution in [0.15, 0.2) is 0 Å². The Kier molecular flexibility index (Phi) is 5.11. The van der Waals surface area contributed by atoms with Crippen molar-refractivity contribution in [1.29, 1.82) is 0 Å². The molecule has 0 aliphatic heterocycles. The van der Waals surface area contributed by atoms with Crippen LogP contribution in [0.5, 0.6) is 0 Å². The standard InChI is InChI=1S/C9H19ClO/c1-4-5-9(2,3)6-8(11)7-10/h8,11H,4-7H2,1-3H3. The molecular weight excluding hydrogens is 160 g/mol. The fourth-order valence-corrected chi connectivity index (χ4v) is 1.58. The molecule has 0 rings (SSSR count). The Morgan fingerprint density at radius 2 is 2.00 bits per heavy atom. The number of aliphatic hydroxyl groups is 1. The normalized spacial score (nSPS) is 15.0. The first-order chi connectivity index (χ1) is 5.02. The summed E-state index contributed by atoms with van der Waals surface area (Å²) >= 11 is 5.51. The first kappa shape index (κ1) is 11.2. The summed E-state index contributed by atoms with van der Waals surface area (Å²) in [6.07, 6.45) is 2.80. The maximum absolute atomic E-state index is 9.29. The third-order valence-corrected chi connectivity index (χ3v) is 2.25. The Hall–Kier alpha value is 0.250. The molecule has 0 aromatic heterocycles. The lowest BCUT2D eigenvalue weighted by atomic mass is 9.83. The highest BCUT2D eigenvalue weighted by molar-refractivity contribution is 6.18. The van der Waals surface area contributed by atoms with E-state index in [-0.39, 0.29) is 11.5 Å². The van der Waals surface area contributed by atoms with Crippen molar-refractivity contribution in [3.8, 4) is 0 Å². The van der Waals surface area contributed by atoms with E-state index in [2.05, 4.69) is 20.8 Å². The monoisotopic (exact) mass is 178 g/mol. The van der Waals surface area contributed by atoms with Crippen LogP contribution in [-0.4, -0.2) is 17.1 Å². The van der Waals surface area contributed by atoms with Crippen LogP contribution in [0.2, 0.25) is 0 Å². The van der Waals surface area contributed by atoms with Gasteiger partial charge in [-0.1, -0.05) is 27.2 Å². The van der Waals surface area contributed by atoms with Crippen LogP contribution in [-0.2, 0) is 0 Å². The van der Waals surface area contributed by atoms with E-state index in [1.54, 1.807) is 0 Å². The average molecular weight is 179 g/mol. The second-order valence-corrected chi connectivity index (χ2v) is 4.24. The van der Waals surface area contributed by atoms with Crippen LogP contribution >= 0.6 is 11.6 Å².